The third-order valence-corrected chi connectivity index (χ3v) is 6.49. The number of hydrogen-bond acceptors (Lipinski definition) is 4. The highest BCUT2D eigenvalue weighted by Gasteiger charge is 2.37. The van der Waals surface area contributed by atoms with Gasteiger partial charge in [0.15, 0.2) is 0 Å². The normalized spacial score (nSPS) is 26.0. The summed E-state index contributed by atoms with van der Waals surface area (Å²) >= 11 is 0. The number of nitrogens with one attached hydrogen (secondary N) is 1. The van der Waals surface area contributed by atoms with Crippen LogP contribution in [0.3, 0.4) is 0 Å². The molecule has 2 fully saturated rings. The van der Waals surface area contributed by atoms with E-state index >= 15 is 0 Å². The Bertz CT molecular complexity index is 717. The topological polar surface area (TPSA) is 61.9 Å². The molecule has 6 heteroatoms. The van der Waals surface area contributed by atoms with Crippen LogP contribution in [0.5, 0.6) is 0 Å². The molecule has 1 aromatic rings. The van der Waals surface area contributed by atoms with Gasteiger partial charge in [0, 0.05) is 26.2 Å². The maximum absolute atomic E-state index is 13.0. The van der Waals surface area contributed by atoms with Crippen molar-refractivity contribution < 1.29 is 14.3 Å². The fourth-order valence-corrected chi connectivity index (χ4v) is 4.92. The number of ether oxygens (including phenoxy) is 1. The van der Waals surface area contributed by atoms with Crippen LogP contribution in [-0.4, -0.2) is 67.0 Å². The van der Waals surface area contributed by atoms with Crippen molar-refractivity contribution in [3.8, 4) is 0 Å². The molecule has 1 aromatic carbocycles. The summed E-state index contributed by atoms with van der Waals surface area (Å²) in [7, 11) is 1.82. The molecule has 0 aromatic heterocycles. The average Bonchev–Trinajstić information content (AvgIpc) is 3.24. The van der Waals surface area contributed by atoms with Crippen molar-refractivity contribution in [3.63, 3.8) is 0 Å². The number of rotatable bonds is 5. The molecule has 28 heavy (non-hydrogen) atoms. The van der Waals surface area contributed by atoms with Crippen LogP contribution in [-0.2, 0) is 20.7 Å². The molecule has 0 bridgehead atoms. The maximum Gasteiger partial charge on any atom is 0.237 e. The summed E-state index contributed by atoms with van der Waals surface area (Å²) in [5, 5.41) is 2.95. The largest absolute Gasteiger partial charge is 0.371 e. The van der Waals surface area contributed by atoms with Gasteiger partial charge in [-0.1, -0.05) is 37.1 Å². The minimum atomic E-state index is -0.341. The number of hydrogen-bond donors (Lipinski definition) is 1. The van der Waals surface area contributed by atoms with Crippen LogP contribution in [0, 0.1) is 0 Å². The first-order chi connectivity index (χ1) is 13.6. The van der Waals surface area contributed by atoms with Crippen molar-refractivity contribution in [1.29, 1.82) is 0 Å². The number of nitrogens with zero attached hydrogens (tertiary/aromatic N) is 2. The lowest BCUT2D eigenvalue weighted by Gasteiger charge is -2.39. The Morgan fingerprint density at radius 2 is 2.07 bits per heavy atom. The van der Waals surface area contributed by atoms with Crippen molar-refractivity contribution in [2.45, 2.75) is 56.7 Å². The van der Waals surface area contributed by atoms with Crippen LogP contribution in [0.1, 0.15) is 49.3 Å². The zero-order chi connectivity index (χ0) is 19.5. The Hall–Kier alpha value is -1.92. The fourth-order valence-electron chi connectivity index (χ4n) is 4.92. The number of carbonyl (C=O) groups excluding carboxylic acids is 2. The lowest BCUT2D eigenvalue weighted by molar-refractivity contribution is -0.140. The minimum Gasteiger partial charge on any atom is -0.371 e. The smallest absolute Gasteiger partial charge is 0.237 e. The molecule has 1 saturated heterocycles. The summed E-state index contributed by atoms with van der Waals surface area (Å²) in [6.07, 6.45) is 5.80. The molecule has 1 N–H and O–H groups in total. The van der Waals surface area contributed by atoms with Crippen molar-refractivity contribution >= 4 is 11.8 Å². The van der Waals surface area contributed by atoms with Gasteiger partial charge >= 0.3 is 0 Å². The molecule has 3 aliphatic rings. The van der Waals surface area contributed by atoms with E-state index < -0.39 is 0 Å². The van der Waals surface area contributed by atoms with Crippen molar-refractivity contribution in [3.05, 3.63) is 35.4 Å². The second-order valence-corrected chi connectivity index (χ2v) is 8.27. The SMILES string of the molecule is CN(C[C@@H]1OCCc2ccccc21)C(=O)C[C@H]1C(=O)NCCN1C1CCCC1. The molecular formula is C22H31N3O3. The molecule has 152 valence electrons. The van der Waals surface area contributed by atoms with Gasteiger partial charge in [-0.3, -0.25) is 14.5 Å². The summed E-state index contributed by atoms with van der Waals surface area (Å²) in [6, 6.07) is 8.41. The van der Waals surface area contributed by atoms with Crippen molar-refractivity contribution in [2.75, 3.05) is 33.3 Å². The quantitative estimate of drug-likeness (QED) is 0.841. The highest BCUT2D eigenvalue weighted by atomic mass is 16.5. The van der Waals surface area contributed by atoms with E-state index in [1.165, 1.54) is 24.0 Å². The van der Waals surface area contributed by atoms with E-state index in [4.69, 9.17) is 4.74 Å². The van der Waals surface area contributed by atoms with Gasteiger partial charge in [-0.15, -0.1) is 0 Å². The zero-order valence-corrected chi connectivity index (χ0v) is 16.7. The lowest BCUT2D eigenvalue weighted by atomic mass is 9.97. The maximum atomic E-state index is 13.0. The van der Waals surface area contributed by atoms with Crippen LogP contribution in [0.15, 0.2) is 24.3 Å². The number of benzene rings is 1. The first kappa shape index (κ1) is 19.4. The Balaban J connectivity index is 1.40. The van der Waals surface area contributed by atoms with Gasteiger partial charge in [0.25, 0.3) is 0 Å². The third kappa shape index (κ3) is 4.08. The average molecular weight is 386 g/mol. The minimum absolute atomic E-state index is 0.000776. The standard InChI is InChI=1S/C22H31N3O3/c1-24(15-20-18-9-5-2-6-16(18)10-13-28-20)21(26)14-19-22(27)23-11-12-25(19)17-7-3-4-8-17/h2,5-6,9,17,19-20H,3-4,7-8,10-15H2,1H3,(H,23,27)/t19-,20-/m0/s1. The molecule has 6 nitrogen and oxygen atoms in total. The van der Waals surface area contributed by atoms with Gasteiger partial charge < -0.3 is 15.0 Å². The Labute approximate surface area is 167 Å². The number of piperazine rings is 1. The van der Waals surface area contributed by atoms with Crippen LogP contribution in [0.2, 0.25) is 0 Å². The molecular weight excluding hydrogens is 354 g/mol. The molecule has 2 amide bonds. The second kappa shape index (κ2) is 8.62. The molecule has 0 unspecified atom stereocenters. The third-order valence-electron chi connectivity index (χ3n) is 6.49. The highest BCUT2D eigenvalue weighted by Crippen LogP contribution is 2.29. The van der Waals surface area contributed by atoms with E-state index in [1.54, 1.807) is 4.90 Å². The molecule has 4 rings (SSSR count). The highest BCUT2D eigenvalue weighted by molar-refractivity contribution is 5.88. The van der Waals surface area contributed by atoms with Gasteiger partial charge in [0.2, 0.25) is 11.8 Å². The first-order valence-electron chi connectivity index (χ1n) is 10.6. The monoisotopic (exact) mass is 385 g/mol. The Kier molecular flexibility index (Phi) is 5.97. The van der Waals surface area contributed by atoms with Crippen LogP contribution >= 0.6 is 0 Å². The van der Waals surface area contributed by atoms with Crippen LogP contribution < -0.4 is 5.32 Å². The summed E-state index contributed by atoms with van der Waals surface area (Å²) in [5.41, 5.74) is 2.48. The van der Waals surface area contributed by atoms with Crippen LogP contribution in [0.25, 0.3) is 0 Å². The first-order valence-corrected chi connectivity index (χ1v) is 10.6. The summed E-state index contributed by atoms with van der Waals surface area (Å²) in [4.78, 5) is 29.5. The number of amides is 2. The molecule has 0 radical (unpaired) electrons. The number of carbonyl (C=O) groups is 2. The zero-order valence-electron chi connectivity index (χ0n) is 16.7. The van der Waals surface area contributed by atoms with E-state index in [-0.39, 0.29) is 30.4 Å². The van der Waals surface area contributed by atoms with E-state index in [0.29, 0.717) is 25.7 Å². The Morgan fingerprint density at radius 3 is 2.89 bits per heavy atom. The van der Waals surface area contributed by atoms with Crippen LogP contribution in [0.4, 0.5) is 0 Å². The van der Waals surface area contributed by atoms with E-state index in [2.05, 4.69) is 28.4 Å². The summed E-state index contributed by atoms with van der Waals surface area (Å²) < 4.78 is 5.96. The van der Waals surface area contributed by atoms with Gasteiger partial charge in [-0.2, -0.15) is 0 Å². The summed E-state index contributed by atoms with van der Waals surface area (Å²) in [5.74, 6) is 0.0101. The predicted octanol–water partition coefficient (Wildman–Crippen LogP) is 1.89. The lowest BCUT2D eigenvalue weighted by Crippen LogP contribution is -2.59. The molecule has 1 aliphatic carbocycles. The van der Waals surface area contributed by atoms with E-state index in [9.17, 15) is 9.59 Å². The molecule has 1 saturated carbocycles. The van der Waals surface area contributed by atoms with Gasteiger partial charge in [0.1, 0.15) is 6.10 Å². The Morgan fingerprint density at radius 1 is 1.29 bits per heavy atom. The predicted molar refractivity (Wildman–Crippen MR) is 107 cm³/mol. The van der Waals surface area contributed by atoms with Gasteiger partial charge in [-0.25, -0.2) is 0 Å². The van der Waals surface area contributed by atoms with E-state index in [1.807, 2.05) is 13.1 Å². The summed E-state index contributed by atoms with van der Waals surface area (Å²) in [6.45, 7) is 2.73. The second-order valence-electron chi connectivity index (χ2n) is 8.27. The fraction of sp³-hybridized carbons (Fsp3) is 0.636. The molecule has 2 atom stereocenters. The van der Waals surface area contributed by atoms with Gasteiger partial charge in [-0.05, 0) is 30.4 Å². The molecule has 2 heterocycles. The number of likely N-dealkylation sites (N-methyl/N-ethyl adjacent to an activating group) is 1. The van der Waals surface area contributed by atoms with Gasteiger partial charge in [0.05, 0.1) is 25.6 Å². The number of fused-ring (bicyclic) bond motifs is 1. The van der Waals surface area contributed by atoms with E-state index in [0.717, 1.165) is 25.8 Å². The molecule has 0 spiro atoms. The van der Waals surface area contributed by atoms with Crippen molar-refractivity contribution in [1.82, 2.24) is 15.1 Å². The molecule has 2 aliphatic heterocycles. The van der Waals surface area contributed by atoms with Crippen molar-refractivity contribution in [2.24, 2.45) is 0 Å².